The van der Waals surface area contributed by atoms with Crippen LogP contribution >= 0.6 is 0 Å². The number of hydrogen-bond donors (Lipinski definition) is 0. The van der Waals surface area contributed by atoms with Gasteiger partial charge in [0.05, 0.1) is 0 Å². The molecule has 7 nitrogen and oxygen atoms in total. The van der Waals surface area contributed by atoms with Crippen molar-refractivity contribution in [3.63, 3.8) is 0 Å². The lowest BCUT2D eigenvalue weighted by Crippen LogP contribution is -2.48. The van der Waals surface area contributed by atoms with Gasteiger partial charge in [-0.1, -0.05) is 30.3 Å². The molecule has 1 fully saturated rings. The third-order valence-corrected chi connectivity index (χ3v) is 4.54. The molecule has 1 amide bonds. The fourth-order valence-corrected chi connectivity index (χ4v) is 3.01. The van der Waals surface area contributed by atoms with Crippen LogP contribution in [0.4, 0.5) is 5.82 Å². The van der Waals surface area contributed by atoms with Crippen LogP contribution in [0.3, 0.4) is 0 Å². The molecular weight excluding hydrogens is 340 g/mol. The smallest absolute Gasteiger partial charge is 0.246 e. The summed E-state index contributed by atoms with van der Waals surface area (Å²) in [5, 5.41) is 8.57. The average molecular weight is 360 g/mol. The molecule has 0 saturated carbocycles. The van der Waals surface area contributed by atoms with Gasteiger partial charge in [0.15, 0.2) is 11.6 Å². The Morgan fingerprint density at radius 2 is 1.67 bits per heavy atom. The van der Waals surface area contributed by atoms with Gasteiger partial charge in [0.2, 0.25) is 5.91 Å². The first kappa shape index (κ1) is 17.0. The van der Waals surface area contributed by atoms with Crippen molar-refractivity contribution in [2.75, 3.05) is 31.1 Å². The summed E-state index contributed by atoms with van der Waals surface area (Å²) < 4.78 is 1.81. The van der Waals surface area contributed by atoms with E-state index in [2.05, 4.69) is 20.1 Å². The number of anilines is 1. The van der Waals surface area contributed by atoms with E-state index in [9.17, 15) is 4.79 Å². The third kappa shape index (κ3) is 4.03. The first-order chi connectivity index (χ1) is 13.3. The summed E-state index contributed by atoms with van der Waals surface area (Å²) in [5.41, 5.74) is 1.03. The monoisotopic (exact) mass is 360 g/mol. The Labute approximate surface area is 157 Å². The number of hydrogen-bond acceptors (Lipinski definition) is 5. The van der Waals surface area contributed by atoms with Crippen LogP contribution < -0.4 is 4.90 Å². The van der Waals surface area contributed by atoms with Crippen LogP contribution in [0, 0.1) is 0 Å². The Morgan fingerprint density at radius 1 is 0.926 bits per heavy atom. The SMILES string of the molecule is O=C(/C=C/c1ccccc1)N1CCN(c2ccc(-n3ccnc3)nn2)CC1. The van der Waals surface area contributed by atoms with E-state index in [0.29, 0.717) is 13.1 Å². The zero-order valence-corrected chi connectivity index (χ0v) is 14.8. The minimum Gasteiger partial charge on any atom is -0.352 e. The lowest BCUT2D eigenvalue weighted by atomic mass is 10.2. The van der Waals surface area contributed by atoms with Crippen molar-refractivity contribution in [3.8, 4) is 5.82 Å². The van der Waals surface area contributed by atoms with Crippen LogP contribution in [0.25, 0.3) is 11.9 Å². The molecule has 0 spiro atoms. The zero-order valence-electron chi connectivity index (χ0n) is 14.8. The molecule has 4 rings (SSSR count). The summed E-state index contributed by atoms with van der Waals surface area (Å²) in [6, 6.07) is 13.7. The molecule has 0 atom stereocenters. The van der Waals surface area contributed by atoms with Crippen LogP contribution in [0.2, 0.25) is 0 Å². The first-order valence-corrected chi connectivity index (χ1v) is 8.89. The number of amides is 1. The Morgan fingerprint density at radius 3 is 2.33 bits per heavy atom. The van der Waals surface area contributed by atoms with Crippen molar-refractivity contribution in [1.29, 1.82) is 0 Å². The first-order valence-electron chi connectivity index (χ1n) is 8.89. The number of benzene rings is 1. The molecule has 0 unspecified atom stereocenters. The Hall–Kier alpha value is -3.48. The third-order valence-electron chi connectivity index (χ3n) is 4.54. The standard InChI is InChI=1S/C20H20N6O/c27-20(9-6-17-4-2-1-3-5-17)25-14-12-24(13-15-25)18-7-8-19(23-22-18)26-11-10-21-16-26/h1-11,16H,12-15H2/b9-6+. The number of piperazine rings is 1. The predicted octanol–water partition coefficient (Wildman–Crippen LogP) is 2.02. The molecule has 7 heteroatoms. The molecule has 1 aromatic carbocycles. The zero-order chi connectivity index (χ0) is 18.5. The van der Waals surface area contributed by atoms with Crippen molar-refractivity contribution in [3.05, 3.63) is 72.8 Å². The lowest BCUT2D eigenvalue weighted by molar-refractivity contribution is -0.126. The van der Waals surface area contributed by atoms with Crippen LogP contribution in [0.15, 0.2) is 67.3 Å². The predicted molar refractivity (Wildman–Crippen MR) is 103 cm³/mol. The van der Waals surface area contributed by atoms with Gasteiger partial charge in [0, 0.05) is 44.6 Å². The summed E-state index contributed by atoms with van der Waals surface area (Å²) in [6.07, 6.45) is 8.73. The van der Waals surface area contributed by atoms with E-state index < -0.39 is 0 Å². The molecule has 27 heavy (non-hydrogen) atoms. The highest BCUT2D eigenvalue weighted by molar-refractivity contribution is 5.91. The van der Waals surface area contributed by atoms with Gasteiger partial charge in [0.1, 0.15) is 6.33 Å². The quantitative estimate of drug-likeness (QED) is 0.666. The molecular formula is C20H20N6O. The number of carbonyl (C=O) groups is 1. The summed E-state index contributed by atoms with van der Waals surface area (Å²) in [7, 11) is 0. The molecule has 3 aromatic rings. The van der Waals surface area contributed by atoms with E-state index in [1.807, 2.05) is 64.2 Å². The van der Waals surface area contributed by atoms with Gasteiger partial charge >= 0.3 is 0 Å². The van der Waals surface area contributed by atoms with Gasteiger partial charge < -0.3 is 9.80 Å². The number of imidazole rings is 1. The van der Waals surface area contributed by atoms with Gasteiger partial charge in [-0.05, 0) is 23.8 Å². The summed E-state index contributed by atoms with van der Waals surface area (Å²) in [5.74, 6) is 1.60. The molecule has 136 valence electrons. The molecule has 0 radical (unpaired) electrons. The van der Waals surface area contributed by atoms with Gasteiger partial charge in [0.25, 0.3) is 0 Å². The van der Waals surface area contributed by atoms with Crippen molar-refractivity contribution < 1.29 is 4.79 Å². The second kappa shape index (κ2) is 7.82. The molecule has 0 aliphatic carbocycles. The van der Waals surface area contributed by atoms with E-state index >= 15 is 0 Å². The largest absolute Gasteiger partial charge is 0.352 e. The van der Waals surface area contributed by atoms with Gasteiger partial charge in [-0.15, -0.1) is 10.2 Å². The molecule has 1 aliphatic rings. The molecule has 3 heterocycles. The number of rotatable bonds is 4. The van der Waals surface area contributed by atoms with Crippen LogP contribution in [0.1, 0.15) is 5.56 Å². The summed E-state index contributed by atoms with van der Waals surface area (Å²) >= 11 is 0. The van der Waals surface area contributed by atoms with Crippen molar-refractivity contribution in [2.24, 2.45) is 0 Å². The number of nitrogens with zero attached hydrogens (tertiary/aromatic N) is 6. The summed E-state index contributed by atoms with van der Waals surface area (Å²) in [4.78, 5) is 20.4. The van der Waals surface area contributed by atoms with Crippen molar-refractivity contribution >= 4 is 17.8 Å². The number of aromatic nitrogens is 4. The molecule has 2 aromatic heterocycles. The van der Waals surface area contributed by atoms with E-state index in [0.717, 1.165) is 30.3 Å². The second-order valence-electron chi connectivity index (χ2n) is 6.28. The Bertz CT molecular complexity index is 897. The normalized spacial score (nSPS) is 14.7. The highest BCUT2D eigenvalue weighted by Gasteiger charge is 2.20. The second-order valence-corrected chi connectivity index (χ2v) is 6.28. The maximum Gasteiger partial charge on any atom is 0.246 e. The molecule has 1 saturated heterocycles. The Kier molecular flexibility index (Phi) is 4.91. The lowest BCUT2D eigenvalue weighted by Gasteiger charge is -2.34. The van der Waals surface area contributed by atoms with E-state index in [1.54, 1.807) is 18.6 Å². The minimum absolute atomic E-state index is 0.0417. The molecule has 1 aliphatic heterocycles. The fourth-order valence-electron chi connectivity index (χ4n) is 3.01. The highest BCUT2D eigenvalue weighted by atomic mass is 16.2. The van der Waals surface area contributed by atoms with Crippen LogP contribution in [-0.4, -0.2) is 56.7 Å². The maximum atomic E-state index is 12.4. The van der Waals surface area contributed by atoms with Crippen molar-refractivity contribution in [1.82, 2.24) is 24.6 Å². The highest BCUT2D eigenvalue weighted by Crippen LogP contribution is 2.14. The van der Waals surface area contributed by atoms with Crippen molar-refractivity contribution in [2.45, 2.75) is 0 Å². The van der Waals surface area contributed by atoms with Gasteiger partial charge in [-0.2, -0.15) is 0 Å². The average Bonchev–Trinajstić information content (AvgIpc) is 3.28. The van der Waals surface area contributed by atoms with Gasteiger partial charge in [-0.3, -0.25) is 9.36 Å². The number of carbonyl (C=O) groups excluding carboxylic acids is 1. The van der Waals surface area contributed by atoms with E-state index in [1.165, 1.54) is 0 Å². The summed E-state index contributed by atoms with van der Waals surface area (Å²) in [6.45, 7) is 2.82. The van der Waals surface area contributed by atoms with Crippen LogP contribution in [0.5, 0.6) is 0 Å². The maximum absolute atomic E-state index is 12.4. The van der Waals surface area contributed by atoms with E-state index in [-0.39, 0.29) is 5.91 Å². The minimum atomic E-state index is 0.0417. The molecule has 0 N–H and O–H groups in total. The van der Waals surface area contributed by atoms with Gasteiger partial charge in [-0.25, -0.2) is 4.98 Å². The Balaban J connectivity index is 1.33. The molecule has 0 bridgehead atoms. The van der Waals surface area contributed by atoms with E-state index in [4.69, 9.17) is 0 Å². The fraction of sp³-hybridized carbons (Fsp3) is 0.200. The van der Waals surface area contributed by atoms with Crippen LogP contribution in [-0.2, 0) is 4.79 Å². The topological polar surface area (TPSA) is 67.2 Å².